The first-order valence-electron chi connectivity index (χ1n) is 8.66. The van der Waals surface area contributed by atoms with E-state index in [2.05, 4.69) is 4.90 Å². The van der Waals surface area contributed by atoms with Crippen LogP contribution in [0, 0.1) is 5.82 Å². The van der Waals surface area contributed by atoms with Crippen molar-refractivity contribution < 1.29 is 13.9 Å². The first-order chi connectivity index (χ1) is 11.8. The van der Waals surface area contributed by atoms with Crippen LogP contribution in [0.25, 0.3) is 0 Å². The summed E-state index contributed by atoms with van der Waals surface area (Å²) in [6.45, 7) is 3.26. The number of piperidine rings is 1. The molecule has 0 spiro atoms. The number of likely N-dealkylation sites (tertiary alicyclic amines) is 1. The monoisotopic (exact) mass is 327 g/mol. The first-order valence-corrected chi connectivity index (χ1v) is 8.66. The Hall–Kier alpha value is -1.91. The summed E-state index contributed by atoms with van der Waals surface area (Å²) < 4.78 is 25.9. The second-order valence-electron chi connectivity index (χ2n) is 6.56. The van der Waals surface area contributed by atoms with Crippen LogP contribution in [-0.2, 0) is 17.9 Å². The summed E-state index contributed by atoms with van der Waals surface area (Å²) in [5.41, 5.74) is 2.71. The highest BCUT2D eigenvalue weighted by atomic mass is 19.1. The third kappa shape index (κ3) is 3.30. The van der Waals surface area contributed by atoms with Crippen molar-refractivity contribution in [3.8, 4) is 5.75 Å². The summed E-state index contributed by atoms with van der Waals surface area (Å²) in [4.78, 5) is 2.38. The van der Waals surface area contributed by atoms with Crippen LogP contribution in [0.5, 0.6) is 5.75 Å². The summed E-state index contributed by atoms with van der Waals surface area (Å²) in [5, 5.41) is 0. The predicted octanol–water partition coefficient (Wildman–Crippen LogP) is 4.42. The van der Waals surface area contributed by atoms with E-state index >= 15 is 0 Å². The Labute approximate surface area is 142 Å². The highest BCUT2D eigenvalue weighted by Gasteiger charge is 2.26. The van der Waals surface area contributed by atoms with Gasteiger partial charge in [-0.15, -0.1) is 0 Å². The van der Waals surface area contributed by atoms with E-state index in [0.717, 1.165) is 42.1 Å². The Kier molecular flexibility index (Phi) is 4.50. The van der Waals surface area contributed by atoms with Gasteiger partial charge in [0.2, 0.25) is 6.29 Å². The maximum absolute atomic E-state index is 14.0. The molecule has 24 heavy (non-hydrogen) atoms. The zero-order chi connectivity index (χ0) is 16.4. The third-order valence-corrected chi connectivity index (χ3v) is 4.74. The van der Waals surface area contributed by atoms with Crippen molar-refractivity contribution in [3.63, 3.8) is 0 Å². The maximum Gasteiger partial charge on any atom is 0.227 e. The standard InChI is InChI=1S/C20H22FNO2/c21-18-11-16(13-22-9-5-2-6-10-22)19-17(12-18)14-23-20(24-19)15-7-3-1-4-8-15/h1,3-4,7-8,11-12,20H,2,5-6,9-10,13-14H2/t20-/m1/s1. The number of benzene rings is 2. The van der Waals surface area contributed by atoms with Gasteiger partial charge in [-0.2, -0.15) is 0 Å². The van der Waals surface area contributed by atoms with Gasteiger partial charge in [-0.3, -0.25) is 4.90 Å². The van der Waals surface area contributed by atoms with Gasteiger partial charge in [0.1, 0.15) is 11.6 Å². The lowest BCUT2D eigenvalue weighted by atomic mass is 10.0. The molecule has 2 aromatic carbocycles. The minimum atomic E-state index is -0.427. The van der Waals surface area contributed by atoms with Gasteiger partial charge in [0.05, 0.1) is 6.61 Å². The quantitative estimate of drug-likeness (QED) is 0.833. The summed E-state index contributed by atoms with van der Waals surface area (Å²) in [7, 11) is 0. The molecule has 0 radical (unpaired) electrons. The minimum Gasteiger partial charge on any atom is -0.460 e. The molecule has 0 aromatic heterocycles. The van der Waals surface area contributed by atoms with Crippen LogP contribution in [0.1, 0.15) is 42.2 Å². The molecule has 0 saturated carbocycles. The minimum absolute atomic E-state index is 0.217. The molecular formula is C20H22FNO2. The van der Waals surface area contributed by atoms with Crippen LogP contribution in [0.15, 0.2) is 42.5 Å². The van der Waals surface area contributed by atoms with Crippen molar-refractivity contribution in [1.82, 2.24) is 4.90 Å². The average Bonchev–Trinajstić information content (AvgIpc) is 2.63. The zero-order valence-corrected chi connectivity index (χ0v) is 13.7. The van der Waals surface area contributed by atoms with E-state index in [1.165, 1.54) is 25.3 Å². The number of hydrogen-bond donors (Lipinski definition) is 0. The molecule has 126 valence electrons. The van der Waals surface area contributed by atoms with Gasteiger partial charge in [0.15, 0.2) is 0 Å². The summed E-state index contributed by atoms with van der Waals surface area (Å²) in [5.74, 6) is 0.577. The average molecular weight is 327 g/mol. The molecular weight excluding hydrogens is 305 g/mol. The maximum atomic E-state index is 14.0. The summed E-state index contributed by atoms with van der Waals surface area (Å²) in [6.07, 6.45) is 3.30. The molecule has 2 aromatic rings. The number of nitrogens with zero attached hydrogens (tertiary/aromatic N) is 1. The molecule has 0 N–H and O–H groups in total. The summed E-state index contributed by atoms with van der Waals surface area (Å²) >= 11 is 0. The number of rotatable bonds is 3. The van der Waals surface area contributed by atoms with Gasteiger partial charge in [-0.1, -0.05) is 36.8 Å². The lowest BCUT2D eigenvalue weighted by molar-refractivity contribution is -0.112. The van der Waals surface area contributed by atoms with Gasteiger partial charge in [-0.25, -0.2) is 4.39 Å². The van der Waals surface area contributed by atoms with Crippen molar-refractivity contribution in [2.45, 2.75) is 38.7 Å². The Morgan fingerprint density at radius 1 is 1.04 bits per heavy atom. The largest absolute Gasteiger partial charge is 0.460 e. The van der Waals surface area contributed by atoms with Crippen LogP contribution in [-0.4, -0.2) is 18.0 Å². The lowest BCUT2D eigenvalue weighted by Crippen LogP contribution is -2.30. The van der Waals surface area contributed by atoms with Gasteiger partial charge in [0, 0.05) is 23.2 Å². The second-order valence-corrected chi connectivity index (χ2v) is 6.56. The topological polar surface area (TPSA) is 21.7 Å². The highest BCUT2D eigenvalue weighted by molar-refractivity contribution is 5.43. The van der Waals surface area contributed by atoms with Crippen LogP contribution in [0.3, 0.4) is 0 Å². The van der Waals surface area contributed by atoms with Gasteiger partial charge in [0.25, 0.3) is 0 Å². The molecule has 0 bridgehead atoms. The number of hydrogen-bond acceptors (Lipinski definition) is 3. The number of halogens is 1. The molecule has 1 atom stereocenters. The number of fused-ring (bicyclic) bond motifs is 1. The first kappa shape index (κ1) is 15.6. The van der Waals surface area contributed by atoms with E-state index < -0.39 is 6.29 Å². The van der Waals surface area contributed by atoms with Crippen LogP contribution in [0.4, 0.5) is 4.39 Å². The summed E-state index contributed by atoms with van der Waals surface area (Å²) in [6, 6.07) is 13.0. The van der Waals surface area contributed by atoms with Gasteiger partial charge in [-0.05, 0) is 38.1 Å². The van der Waals surface area contributed by atoms with E-state index in [1.807, 2.05) is 30.3 Å². The van der Waals surface area contributed by atoms with Gasteiger partial charge < -0.3 is 9.47 Å². The molecule has 1 saturated heterocycles. The van der Waals surface area contributed by atoms with Crippen molar-refractivity contribution in [3.05, 3.63) is 65.0 Å². The molecule has 4 rings (SSSR count). The third-order valence-electron chi connectivity index (χ3n) is 4.74. The molecule has 0 aliphatic carbocycles. The Morgan fingerprint density at radius 2 is 1.83 bits per heavy atom. The number of ether oxygens (including phenoxy) is 2. The fraction of sp³-hybridized carbons (Fsp3) is 0.400. The molecule has 1 fully saturated rings. The zero-order valence-electron chi connectivity index (χ0n) is 13.7. The Balaban J connectivity index is 1.60. The van der Waals surface area contributed by atoms with Crippen molar-refractivity contribution in [1.29, 1.82) is 0 Å². The molecule has 0 unspecified atom stereocenters. The predicted molar refractivity (Wildman–Crippen MR) is 90.1 cm³/mol. The molecule has 3 nitrogen and oxygen atoms in total. The Bertz CT molecular complexity index is 698. The van der Waals surface area contributed by atoms with E-state index in [4.69, 9.17) is 9.47 Å². The van der Waals surface area contributed by atoms with Gasteiger partial charge >= 0.3 is 0 Å². The second kappa shape index (κ2) is 6.91. The molecule has 4 heteroatoms. The van der Waals surface area contributed by atoms with E-state index in [1.54, 1.807) is 6.07 Å². The van der Waals surface area contributed by atoms with Crippen LogP contribution in [0.2, 0.25) is 0 Å². The fourth-order valence-electron chi connectivity index (χ4n) is 3.53. The van der Waals surface area contributed by atoms with Crippen molar-refractivity contribution in [2.24, 2.45) is 0 Å². The van der Waals surface area contributed by atoms with E-state index in [-0.39, 0.29) is 5.82 Å². The molecule has 2 heterocycles. The van der Waals surface area contributed by atoms with Crippen molar-refractivity contribution in [2.75, 3.05) is 13.1 Å². The normalized spacial score (nSPS) is 21.1. The molecule has 2 aliphatic heterocycles. The SMILES string of the molecule is Fc1cc2c(c(CN3CCCCC3)c1)O[C@H](c1ccccc1)OC2. The van der Waals surface area contributed by atoms with Crippen LogP contribution < -0.4 is 4.74 Å². The smallest absolute Gasteiger partial charge is 0.227 e. The highest BCUT2D eigenvalue weighted by Crippen LogP contribution is 2.37. The molecule has 0 amide bonds. The van der Waals surface area contributed by atoms with E-state index in [9.17, 15) is 4.39 Å². The van der Waals surface area contributed by atoms with E-state index in [0.29, 0.717) is 6.61 Å². The lowest BCUT2D eigenvalue weighted by Gasteiger charge is -2.31. The van der Waals surface area contributed by atoms with Crippen LogP contribution >= 0.6 is 0 Å². The molecule has 2 aliphatic rings. The fourth-order valence-corrected chi connectivity index (χ4v) is 3.53. The van der Waals surface area contributed by atoms with Crippen molar-refractivity contribution >= 4 is 0 Å². The Morgan fingerprint density at radius 3 is 2.62 bits per heavy atom.